The molecule has 38 valence electrons. The van der Waals surface area contributed by atoms with Crippen molar-refractivity contribution in [2.45, 2.75) is 0 Å². The molecule has 0 aromatic carbocycles. The summed E-state index contributed by atoms with van der Waals surface area (Å²) in [5.41, 5.74) is 0. The molecule has 1 rings (SSSR count). The van der Waals surface area contributed by atoms with E-state index >= 15 is 0 Å². The molecule has 2 heteroatoms. The molecule has 0 unspecified atom stereocenters. The standard InChI is InChI=1S/C5H8NO/c1-7-6-4-2-3-5-6/h2-4H,5H2,1H3/q+1. The largest absolute Gasteiger partial charge is 0.280 e. The molecular weight excluding hydrogens is 90.1 g/mol. The molecule has 0 atom stereocenters. The smallest absolute Gasteiger partial charge is 0.216 e. The van der Waals surface area contributed by atoms with E-state index in [1.807, 2.05) is 18.4 Å². The summed E-state index contributed by atoms with van der Waals surface area (Å²) in [4.78, 5) is 4.83. The Bertz CT molecular complexity index is 115. The number of hydroxylamine groups is 1. The summed E-state index contributed by atoms with van der Waals surface area (Å²) in [7, 11) is 1.66. The molecule has 0 fully saturated rings. The van der Waals surface area contributed by atoms with Gasteiger partial charge in [0.05, 0.1) is 0 Å². The Hall–Kier alpha value is -0.790. The van der Waals surface area contributed by atoms with Crippen molar-refractivity contribution in [3.8, 4) is 0 Å². The number of nitrogens with zero attached hydrogens (tertiary/aromatic N) is 1. The molecule has 0 spiro atoms. The van der Waals surface area contributed by atoms with Gasteiger partial charge in [-0.15, -0.1) is 0 Å². The van der Waals surface area contributed by atoms with Crippen LogP contribution in [0.3, 0.4) is 0 Å². The van der Waals surface area contributed by atoms with Gasteiger partial charge in [-0.1, -0.05) is 0 Å². The van der Waals surface area contributed by atoms with Gasteiger partial charge in [0.2, 0.25) is 12.8 Å². The minimum atomic E-state index is 0.885. The zero-order chi connectivity index (χ0) is 5.11. The minimum Gasteiger partial charge on any atom is -0.280 e. The molecule has 0 radical (unpaired) electrons. The highest BCUT2D eigenvalue weighted by molar-refractivity contribution is 5.67. The molecule has 0 aliphatic carbocycles. The summed E-state index contributed by atoms with van der Waals surface area (Å²) in [6.07, 6.45) is 5.88. The average Bonchev–Trinajstić information content (AvgIpc) is 2.14. The first-order chi connectivity index (χ1) is 3.43. The van der Waals surface area contributed by atoms with Crippen LogP contribution in [0, 0.1) is 0 Å². The van der Waals surface area contributed by atoms with Crippen molar-refractivity contribution >= 4 is 6.21 Å². The zero-order valence-electron chi connectivity index (χ0n) is 4.29. The van der Waals surface area contributed by atoms with Gasteiger partial charge in [-0.3, -0.25) is 4.84 Å². The van der Waals surface area contributed by atoms with Crippen LogP contribution in [0.2, 0.25) is 0 Å². The van der Waals surface area contributed by atoms with Crippen molar-refractivity contribution < 1.29 is 9.58 Å². The fraction of sp³-hybridized carbons (Fsp3) is 0.400. The Morgan fingerprint density at radius 2 is 2.57 bits per heavy atom. The van der Waals surface area contributed by atoms with Crippen molar-refractivity contribution in [1.29, 1.82) is 0 Å². The van der Waals surface area contributed by atoms with Crippen LogP contribution < -0.4 is 0 Å². The van der Waals surface area contributed by atoms with Gasteiger partial charge >= 0.3 is 0 Å². The second kappa shape index (κ2) is 1.78. The maximum absolute atomic E-state index is 4.83. The van der Waals surface area contributed by atoms with E-state index in [9.17, 15) is 0 Å². The molecule has 1 aliphatic heterocycles. The van der Waals surface area contributed by atoms with Crippen LogP contribution in [0.5, 0.6) is 0 Å². The van der Waals surface area contributed by atoms with E-state index in [4.69, 9.17) is 4.84 Å². The maximum atomic E-state index is 4.83. The fourth-order valence-electron chi connectivity index (χ4n) is 0.518. The molecule has 0 saturated heterocycles. The van der Waals surface area contributed by atoms with Crippen LogP contribution in [-0.2, 0) is 4.84 Å². The lowest BCUT2D eigenvalue weighted by molar-refractivity contribution is -0.768. The van der Waals surface area contributed by atoms with Crippen LogP contribution >= 0.6 is 0 Å². The normalized spacial score (nSPS) is 17.0. The van der Waals surface area contributed by atoms with Crippen LogP contribution in [0.4, 0.5) is 0 Å². The third-order valence-corrected chi connectivity index (χ3v) is 0.908. The van der Waals surface area contributed by atoms with Gasteiger partial charge < -0.3 is 0 Å². The molecule has 0 N–H and O–H groups in total. The molecule has 0 aromatic heterocycles. The summed E-state index contributed by atoms with van der Waals surface area (Å²) in [6.45, 7) is 0.885. The van der Waals surface area contributed by atoms with Crippen LogP contribution in [-0.4, -0.2) is 24.6 Å². The third kappa shape index (κ3) is 0.796. The van der Waals surface area contributed by atoms with Crippen molar-refractivity contribution in [2.75, 3.05) is 13.7 Å². The Morgan fingerprint density at radius 1 is 1.71 bits per heavy atom. The zero-order valence-corrected chi connectivity index (χ0v) is 4.29. The second-order valence-electron chi connectivity index (χ2n) is 1.36. The van der Waals surface area contributed by atoms with Gasteiger partial charge in [-0.05, 0) is 10.8 Å². The van der Waals surface area contributed by atoms with E-state index in [-0.39, 0.29) is 0 Å². The lowest BCUT2D eigenvalue weighted by Gasteiger charge is -1.86. The van der Waals surface area contributed by atoms with Crippen molar-refractivity contribution in [3.05, 3.63) is 12.2 Å². The Morgan fingerprint density at radius 3 is 2.86 bits per heavy atom. The van der Waals surface area contributed by atoms with Gasteiger partial charge in [0.15, 0.2) is 0 Å². The summed E-state index contributed by atoms with van der Waals surface area (Å²) < 4.78 is 1.75. The van der Waals surface area contributed by atoms with Crippen molar-refractivity contribution in [2.24, 2.45) is 0 Å². The van der Waals surface area contributed by atoms with Gasteiger partial charge in [0.1, 0.15) is 7.11 Å². The highest BCUT2D eigenvalue weighted by Gasteiger charge is 2.01. The fourth-order valence-corrected chi connectivity index (χ4v) is 0.518. The van der Waals surface area contributed by atoms with Crippen LogP contribution in [0.1, 0.15) is 0 Å². The van der Waals surface area contributed by atoms with Crippen molar-refractivity contribution in [3.63, 3.8) is 0 Å². The first kappa shape index (κ1) is 4.37. The average molecular weight is 98.1 g/mol. The summed E-state index contributed by atoms with van der Waals surface area (Å²) in [5.74, 6) is 0. The highest BCUT2D eigenvalue weighted by atomic mass is 16.6. The van der Waals surface area contributed by atoms with Crippen LogP contribution in [0.15, 0.2) is 12.2 Å². The van der Waals surface area contributed by atoms with E-state index in [0.717, 1.165) is 6.54 Å². The first-order valence-corrected chi connectivity index (χ1v) is 2.24. The molecule has 0 aromatic rings. The Kier molecular flexibility index (Phi) is 1.11. The second-order valence-corrected chi connectivity index (χ2v) is 1.36. The summed E-state index contributed by atoms with van der Waals surface area (Å²) in [5, 5.41) is 0. The van der Waals surface area contributed by atoms with E-state index < -0.39 is 0 Å². The number of hydrogen-bond acceptors (Lipinski definition) is 1. The van der Waals surface area contributed by atoms with Crippen molar-refractivity contribution in [1.82, 2.24) is 0 Å². The SMILES string of the molecule is CO[N+]1=CC=CC1. The van der Waals surface area contributed by atoms with Gasteiger partial charge in [-0.2, -0.15) is 0 Å². The Balaban J connectivity index is 2.45. The van der Waals surface area contributed by atoms with E-state index in [1.54, 1.807) is 11.8 Å². The summed E-state index contributed by atoms with van der Waals surface area (Å²) >= 11 is 0. The topological polar surface area (TPSA) is 12.2 Å². The highest BCUT2D eigenvalue weighted by Crippen LogP contribution is 1.83. The maximum Gasteiger partial charge on any atom is 0.216 e. The molecule has 2 nitrogen and oxygen atoms in total. The number of allylic oxidation sites excluding steroid dienone is 1. The van der Waals surface area contributed by atoms with Gasteiger partial charge in [-0.25, -0.2) is 0 Å². The molecule has 0 bridgehead atoms. The molecular formula is C5H8NO+. The van der Waals surface area contributed by atoms with Gasteiger partial charge in [0.25, 0.3) is 0 Å². The molecule has 0 saturated carbocycles. The third-order valence-electron chi connectivity index (χ3n) is 0.908. The molecule has 0 amide bonds. The Labute approximate surface area is 42.7 Å². The van der Waals surface area contributed by atoms with E-state index in [0.29, 0.717) is 0 Å². The quantitative estimate of drug-likeness (QED) is 0.427. The van der Waals surface area contributed by atoms with E-state index in [2.05, 4.69) is 0 Å². The lowest BCUT2D eigenvalue weighted by Crippen LogP contribution is -2.05. The van der Waals surface area contributed by atoms with Crippen LogP contribution in [0.25, 0.3) is 0 Å². The molecule has 1 aliphatic rings. The predicted octanol–water partition coefficient (Wildman–Crippen LogP) is 0.201. The molecule has 1 heterocycles. The number of rotatable bonds is 1. The summed E-state index contributed by atoms with van der Waals surface area (Å²) in [6, 6.07) is 0. The number of hydrogen-bond donors (Lipinski definition) is 0. The monoisotopic (exact) mass is 98.1 g/mol. The minimum absolute atomic E-state index is 0.885. The van der Waals surface area contributed by atoms with E-state index in [1.165, 1.54) is 0 Å². The lowest BCUT2D eigenvalue weighted by atomic mass is 10.6. The predicted molar refractivity (Wildman–Crippen MR) is 27.3 cm³/mol. The first-order valence-electron chi connectivity index (χ1n) is 2.24. The van der Waals surface area contributed by atoms with Gasteiger partial charge in [0, 0.05) is 6.08 Å². The molecule has 7 heavy (non-hydrogen) atoms.